The molecule has 0 bridgehead atoms. The fraction of sp³-hybridized carbons (Fsp3) is 0.0625. The lowest BCUT2D eigenvalue weighted by Gasteiger charge is -2.01. The molecule has 0 saturated carbocycles. The smallest absolute Gasteiger partial charge is 0.282 e. The first-order chi connectivity index (χ1) is 12.5. The van der Waals surface area contributed by atoms with Crippen molar-refractivity contribution in [1.29, 1.82) is 0 Å². The first-order valence-electron chi connectivity index (χ1n) is 7.28. The zero-order chi connectivity index (χ0) is 18.5. The van der Waals surface area contributed by atoms with E-state index in [4.69, 9.17) is 0 Å². The maximum absolute atomic E-state index is 12.9. The molecular formula is C16H11FN4O3S2. The molecule has 0 fully saturated rings. The van der Waals surface area contributed by atoms with Gasteiger partial charge in [0.2, 0.25) is 5.13 Å². The number of thioether (sulfide) groups is 1. The molecule has 26 heavy (non-hydrogen) atoms. The predicted octanol–water partition coefficient (Wildman–Crippen LogP) is 4.13. The van der Waals surface area contributed by atoms with Gasteiger partial charge in [0.15, 0.2) is 4.34 Å². The van der Waals surface area contributed by atoms with E-state index in [-0.39, 0.29) is 22.2 Å². The van der Waals surface area contributed by atoms with Crippen LogP contribution in [0.15, 0.2) is 52.9 Å². The molecule has 1 N–H and O–H groups in total. The van der Waals surface area contributed by atoms with Crippen LogP contribution in [0.2, 0.25) is 0 Å². The largest absolute Gasteiger partial charge is 0.296 e. The highest BCUT2D eigenvalue weighted by Crippen LogP contribution is 2.29. The lowest BCUT2D eigenvalue weighted by Crippen LogP contribution is -2.13. The summed E-state index contributed by atoms with van der Waals surface area (Å²) >= 11 is 2.55. The first-order valence-corrected chi connectivity index (χ1v) is 9.08. The quantitative estimate of drug-likeness (QED) is 0.294. The summed E-state index contributed by atoms with van der Waals surface area (Å²) in [6, 6.07) is 11.8. The molecule has 0 aliphatic carbocycles. The molecule has 0 radical (unpaired) electrons. The molecular weight excluding hydrogens is 379 g/mol. The molecule has 0 aliphatic rings. The van der Waals surface area contributed by atoms with Crippen molar-refractivity contribution < 1.29 is 14.1 Å². The summed E-state index contributed by atoms with van der Waals surface area (Å²) in [5.74, 6) is -0.342. The number of nitro groups is 1. The van der Waals surface area contributed by atoms with Gasteiger partial charge >= 0.3 is 0 Å². The molecule has 1 amide bonds. The van der Waals surface area contributed by atoms with Crippen LogP contribution in [0.25, 0.3) is 0 Å². The Morgan fingerprint density at radius 3 is 2.65 bits per heavy atom. The summed E-state index contributed by atoms with van der Waals surface area (Å²) in [5.41, 5.74) is 0.603. The number of anilines is 1. The molecule has 1 heterocycles. The molecule has 132 valence electrons. The van der Waals surface area contributed by atoms with Gasteiger partial charge in [0.05, 0.1) is 4.92 Å². The van der Waals surface area contributed by atoms with Crippen LogP contribution >= 0.6 is 23.1 Å². The van der Waals surface area contributed by atoms with Crippen molar-refractivity contribution in [1.82, 2.24) is 10.2 Å². The Balaban J connectivity index is 1.64. The zero-order valence-electron chi connectivity index (χ0n) is 13.1. The van der Waals surface area contributed by atoms with E-state index in [0.29, 0.717) is 10.1 Å². The topological polar surface area (TPSA) is 98.0 Å². The summed E-state index contributed by atoms with van der Waals surface area (Å²) < 4.78 is 13.5. The average molecular weight is 390 g/mol. The van der Waals surface area contributed by atoms with Gasteiger partial charge in [-0.15, -0.1) is 10.2 Å². The standard InChI is InChI=1S/C16H11FN4O3S2/c17-11-7-5-10(6-8-11)9-25-16-20-19-15(26-16)18-14(22)12-3-1-2-4-13(12)21(23)24/h1-8H,9H2,(H,18,19,22). The third-order valence-corrected chi connectivity index (χ3v) is 5.29. The maximum Gasteiger partial charge on any atom is 0.282 e. The molecule has 10 heteroatoms. The van der Waals surface area contributed by atoms with Crippen LogP contribution in [0.5, 0.6) is 0 Å². The number of nitro benzene ring substituents is 1. The van der Waals surface area contributed by atoms with E-state index in [1.54, 1.807) is 18.2 Å². The van der Waals surface area contributed by atoms with Crippen LogP contribution < -0.4 is 5.32 Å². The minimum Gasteiger partial charge on any atom is -0.296 e. The first kappa shape index (κ1) is 18.0. The van der Waals surface area contributed by atoms with Crippen LogP contribution in [-0.4, -0.2) is 21.0 Å². The Kier molecular flexibility index (Phi) is 5.54. The Morgan fingerprint density at radius 2 is 1.92 bits per heavy atom. The molecule has 3 aromatic rings. The van der Waals surface area contributed by atoms with E-state index >= 15 is 0 Å². The molecule has 0 saturated heterocycles. The van der Waals surface area contributed by atoms with Crippen LogP contribution in [-0.2, 0) is 5.75 Å². The highest BCUT2D eigenvalue weighted by atomic mass is 32.2. The Bertz CT molecular complexity index is 947. The van der Waals surface area contributed by atoms with Crippen LogP contribution in [0.1, 0.15) is 15.9 Å². The van der Waals surface area contributed by atoms with Gasteiger partial charge in [0.1, 0.15) is 11.4 Å². The number of hydrogen-bond donors (Lipinski definition) is 1. The molecule has 0 spiro atoms. The number of carbonyl (C=O) groups is 1. The number of halogens is 1. The second-order valence-corrected chi connectivity index (χ2v) is 7.22. The monoisotopic (exact) mass is 390 g/mol. The van der Waals surface area contributed by atoms with E-state index in [1.165, 1.54) is 42.1 Å². The van der Waals surface area contributed by atoms with E-state index in [9.17, 15) is 19.3 Å². The SMILES string of the molecule is O=C(Nc1nnc(SCc2ccc(F)cc2)s1)c1ccccc1[N+](=O)[O-]. The van der Waals surface area contributed by atoms with Gasteiger partial charge in [0.25, 0.3) is 11.6 Å². The number of benzene rings is 2. The fourth-order valence-corrected chi connectivity index (χ4v) is 3.74. The number of para-hydroxylation sites is 1. The number of rotatable bonds is 6. The van der Waals surface area contributed by atoms with Gasteiger partial charge in [-0.05, 0) is 23.8 Å². The third-order valence-electron chi connectivity index (χ3n) is 3.25. The minimum atomic E-state index is -0.622. The van der Waals surface area contributed by atoms with Crippen LogP contribution in [0.3, 0.4) is 0 Å². The van der Waals surface area contributed by atoms with Crippen molar-refractivity contribution in [3.8, 4) is 0 Å². The van der Waals surface area contributed by atoms with E-state index < -0.39 is 10.8 Å². The number of nitrogens with one attached hydrogen (secondary N) is 1. The average Bonchev–Trinajstić information content (AvgIpc) is 3.08. The molecule has 2 aromatic carbocycles. The van der Waals surface area contributed by atoms with E-state index in [2.05, 4.69) is 15.5 Å². The Labute approximate surface area is 155 Å². The van der Waals surface area contributed by atoms with Crippen molar-refractivity contribution in [2.24, 2.45) is 0 Å². The number of aromatic nitrogens is 2. The van der Waals surface area contributed by atoms with Gasteiger partial charge in [-0.3, -0.25) is 20.2 Å². The van der Waals surface area contributed by atoms with E-state index in [0.717, 1.165) is 16.9 Å². The lowest BCUT2D eigenvalue weighted by atomic mass is 10.1. The predicted molar refractivity (Wildman–Crippen MR) is 96.9 cm³/mol. The molecule has 1 aromatic heterocycles. The fourth-order valence-electron chi connectivity index (χ4n) is 2.03. The van der Waals surface area contributed by atoms with Gasteiger partial charge in [0, 0.05) is 11.8 Å². The second-order valence-electron chi connectivity index (χ2n) is 5.02. The Morgan fingerprint density at radius 1 is 1.19 bits per heavy atom. The zero-order valence-corrected chi connectivity index (χ0v) is 14.7. The van der Waals surface area contributed by atoms with Gasteiger partial charge in [-0.25, -0.2) is 4.39 Å². The normalized spacial score (nSPS) is 10.5. The Hall–Kier alpha value is -2.85. The van der Waals surface area contributed by atoms with Gasteiger partial charge in [-0.1, -0.05) is 47.4 Å². The van der Waals surface area contributed by atoms with E-state index in [1.807, 2.05) is 0 Å². The lowest BCUT2D eigenvalue weighted by molar-refractivity contribution is -0.385. The number of carbonyl (C=O) groups excluding carboxylic acids is 1. The van der Waals surface area contributed by atoms with Gasteiger partial charge in [-0.2, -0.15) is 0 Å². The highest BCUT2D eigenvalue weighted by Gasteiger charge is 2.20. The van der Waals surface area contributed by atoms with Crippen molar-refractivity contribution in [3.05, 3.63) is 75.6 Å². The van der Waals surface area contributed by atoms with Gasteiger partial charge < -0.3 is 0 Å². The molecule has 0 atom stereocenters. The highest BCUT2D eigenvalue weighted by molar-refractivity contribution is 8.00. The number of hydrogen-bond acceptors (Lipinski definition) is 7. The van der Waals surface area contributed by atoms with Crippen LogP contribution in [0, 0.1) is 15.9 Å². The third kappa shape index (κ3) is 4.41. The number of nitrogens with zero attached hydrogens (tertiary/aromatic N) is 3. The summed E-state index contributed by atoms with van der Waals surface area (Å²) in [7, 11) is 0. The molecule has 3 rings (SSSR count). The van der Waals surface area contributed by atoms with Crippen molar-refractivity contribution >= 4 is 39.8 Å². The molecule has 0 aliphatic heterocycles. The summed E-state index contributed by atoms with van der Waals surface area (Å²) in [6.45, 7) is 0. The maximum atomic E-state index is 12.9. The molecule has 0 unspecified atom stereocenters. The van der Waals surface area contributed by atoms with Crippen molar-refractivity contribution in [2.45, 2.75) is 10.1 Å². The second kappa shape index (κ2) is 8.02. The van der Waals surface area contributed by atoms with Crippen LogP contribution in [0.4, 0.5) is 15.2 Å². The summed E-state index contributed by atoms with van der Waals surface area (Å²) in [6.07, 6.45) is 0. The molecule has 7 nitrogen and oxygen atoms in total. The number of amides is 1. The van der Waals surface area contributed by atoms with Crippen molar-refractivity contribution in [3.63, 3.8) is 0 Å². The summed E-state index contributed by atoms with van der Waals surface area (Å²) in [4.78, 5) is 22.6. The van der Waals surface area contributed by atoms with Crippen molar-refractivity contribution in [2.75, 3.05) is 5.32 Å². The summed E-state index contributed by atoms with van der Waals surface area (Å²) in [5, 5.41) is 21.6. The minimum absolute atomic E-state index is 0.0479.